The molecule has 0 aromatic rings. The van der Waals surface area contributed by atoms with Gasteiger partial charge in [0, 0.05) is 0 Å². The minimum absolute atomic E-state index is 0.497. The molecule has 0 aromatic carbocycles. The average Bonchev–Trinajstić information content (AvgIpc) is 2.06. The van der Waals surface area contributed by atoms with Gasteiger partial charge >= 0.3 is 0 Å². The van der Waals surface area contributed by atoms with Crippen LogP contribution in [0, 0.1) is 5.41 Å². The molecule has 0 saturated carbocycles. The molecule has 2 nitrogen and oxygen atoms in total. The number of hydrogen-bond donors (Lipinski definition) is 0. The fraction of sp³-hybridized carbons (Fsp3) is 0.250. The second-order valence-electron chi connectivity index (χ2n) is 2.34. The highest BCUT2D eigenvalue weighted by Crippen LogP contribution is 2.21. The fourth-order valence-corrected chi connectivity index (χ4v) is 0.856. The van der Waals surface area contributed by atoms with Crippen molar-refractivity contribution in [2.45, 2.75) is 6.42 Å². The van der Waals surface area contributed by atoms with E-state index in [-0.39, 0.29) is 0 Å². The highest BCUT2D eigenvalue weighted by molar-refractivity contribution is 5.87. The largest absolute Gasteiger partial charge is 0.302 e. The van der Waals surface area contributed by atoms with Crippen LogP contribution in [0.3, 0.4) is 0 Å². The summed E-state index contributed by atoms with van der Waals surface area (Å²) >= 11 is 0. The van der Waals surface area contributed by atoms with E-state index in [0.717, 1.165) is 0 Å². The van der Waals surface area contributed by atoms with E-state index in [2.05, 4.69) is 0 Å². The van der Waals surface area contributed by atoms with Crippen LogP contribution in [0.25, 0.3) is 0 Å². The lowest BCUT2D eigenvalue weighted by molar-refractivity contribution is -0.123. The molecule has 0 amide bonds. The zero-order chi connectivity index (χ0) is 7.45. The second-order valence-corrected chi connectivity index (χ2v) is 2.34. The quantitative estimate of drug-likeness (QED) is 0.417. The summed E-state index contributed by atoms with van der Waals surface area (Å²) in [7, 11) is 0. The predicted molar refractivity (Wildman–Crippen MR) is 37.5 cm³/mol. The Morgan fingerprint density at radius 1 is 1.20 bits per heavy atom. The van der Waals surface area contributed by atoms with Gasteiger partial charge in [-0.15, -0.1) is 0 Å². The van der Waals surface area contributed by atoms with Crippen LogP contribution in [0.15, 0.2) is 24.3 Å². The summed E-state index contributed by atoms with van der Waals surface area (Å²) in [4.78, 5) is 20.8. The van der Waals surface area contributed by atoms with Crippen molar-refractivity contribution in [1.82, 2.24) is 0 Å². The van der Waals surface area contributed by atoms with E-state index in [9.17, 15) is 9.59 Å². The van der Waals surface area contributed by atoms with Gasteiger partial charge in [0.05, 0.1) is 0 Å². The Hall–Kier alpha value is -1.18. The third-order valence-corrected chi connectivity index (χ3v) is 1.56. The molecule has 1 aliphatic carbocycles. The molecular formula is C8H8O2. The van der Waals surface area contributed by atoms with Gasteiger partial charge in [-0.3, -0.25) is 0 Å². The standard InChI is InChI=1S/C8H8O2/c9-6-8(7-10)4-2-1-3-5-8/h1-4,6-7H,5H2. The fourth-order valence-electron chi connectivity index (χ4n) is 0.856. The van der Waals surface area contributed by atoms with Crippen LogP contribution in [0.4, 0.5) is 0 Å². The van der Waals surface area contributed by atoms with E-state index in [1.54, 1.807) is 12.2 Å². The van der Waals surface area contributed by atoms with Crippen LogP contribution in [-0.2, 0) is 9.59 Å². The second kappa shape index (κ2) is 2.60. The van der Waals surface area contributed by atoms with Crippen molar-refractivity contribution in [1.29, 1.82) is 0 Å². The molecule has 0 spiro atoms. The van der Waals surface area contributed by atoms with Gasteiger partial charge in [0.25, 0.3) is 0 Å². The molecule has 0 bridgehead atoms. The van der Waals surface area contributed by atoms with Crippen molar-refractivity contribution >= 4 is 12.6 Å². The minimum Gasteiger partial charge on any atom is -0.302 e. The summed E-state index contributed by atoms with van der Waals surface area (Å²) < 4.78 is 0. The third-order valence-electron chi connectivity index (χ3n) is 1.56. The van der Waals surface area contributed by atoms with Crippen LogP contribution < -0.4 is 0 Å². The molecule has 1 aliphatic rings. The van der Waals surface area contributed by atoms with Crippen LogP contribution in [0.1, 0.15) is 6.42 Å². The van der Waals surface area contributed by atoms with Crippen molar-refractivity contribution in [3.05, 3.63) is 24.3 Å². The number of hydrogen-bond acceptors (Lipinski definition) is 2. The van der Waals surface area contributed by atoms with Crippen LogP contribution in [0.5, 0.6) is 0 Å². The van der Waals surface area contributed by atoms with Gasteiger partial charge in [0.15, 0.2) is 0 Å². The molecule has 1 rings (SSSR count). The first-order chi connectivity index (χ1) is 4.83. The Labute approximate surface area is 59.2 Å². The topological polar surface area (TPSA) is 34.1 Å². The number of allylic oxidation sites excluding steroid dienone is 4. The van der Waals surface area contributed by atoms with Crippen molar-refractivity contribution in [2.75, 3.05) is 0 Å². The third kappa shape index (κ3) is 1.05. The van der Waals surface area contributed by atoms with Gasteiger partial charge in [0.1, 0.15) is 18.0 Å². The lowest BCUT2D eigenvalue weighted by Crippen LogP contribution is -2.21. The summed E-state index contributed by atoms with van der Waals surface area (Å²) in [6.45, 7) is 0. The first kappa shape index (κ1) is 6.93. The molecular weight excluding hydrogens is 128 g/mol. The number of rotatable bonds is 2. The molecule has 0 N–H and O–H groups in total. The first-order valence-corrected chi connectivity index (χ1v) is 3.10. The van der Waals surface area contributed by atoms with E-state index >= 15 is 0 Å². The summed E-state index contributed by atoms with van der Waals surface area (Å²) in [5.74, 6) is 0. The maximum atomic E-state index is 10.4. The average molecular weight is 136 g/mol. The number of carbonyl (C=O) groups excluding carboxylic acids is 2. The molecule has 0 unspecified atom stereocenters. The van der Waals surface area contributed by atoms with E-state index in [1.165, 1.54) is 0 Å². The summed E-state index contributed by atoms with van der Waals surface area (Å²) in [5.41, 5.74) is -0.866. The Bertz CT molecular complexity index is 193. The van der Waals surface area contributed by atoms with Gasteiger partial charge in [-0.1, -0.05) is 24.3 Å². The Morgan fingerprint density at radius 2 is 1.90 bits per heavy atom. The molecule has 2 heteroatoms. The molecule has 0 atom stereocenters. The zero-order valence-corrected chi connectivity index (χ0v) is 5.49. The van der Waals surface area contributed by atoms with Gasteiger partial charge < -0.3 is 9.59 Å². The Kier molecular flexibility index (Phi) is 1.81. The van der Waals surface area contributed by atoms with Gasteiger partial charge in [-0.05, 0) is 6.42 Å². The van der Waals surface area contributed by atoms with Crippen molar-refractivity contribution in [2.24, 2.45) is 5.41 Å². The van der Waals surface area contributed by atoms with Gasteiger partial charge in [-0.2, -0.15) is 0 Å². The minimum atomic E-state index is -0.866. The van der Waals surface area contributed by atoms with E-state index < -0.39 is 5.41 Å². The smallest absolute Gasteiger partial charge is 0.137 e. The molecule has 0 fully saturated rings. The maximum Gasteiger partial charge on any atom is 0.137 e. The van der Waals surface area contributed by atoms with Crippen LogP contribution in [0.2, 0.25) is 0 Å². The molecule has 52 valence electrons. The number of aldehydes is 2. The van der Waals surface area contributed by atoms with Gasteiger partial charge in [0.2, 0.25) is 0 Å². The van der Waals surface area contributed by atoms with E-state index in [0.29, 0.717) is 19.0 Å². The van der Waals surface area contributed by atoms with E-state index in [1.807, 2.05) is 12.2 Å². The lowest BCUT2D eigenvalue weighted by Gasteiger charge is -2.15. The van der Waals surface area contributed by atoms with Crippen LogP contribution in [-0.4, -0.2) is 12.6 Å². The molecule has 0 saturated heterocycles. The summed E-state index contributed by atoms with van der Waals surface area (Å²) in [6, 6.07) is 0. The number of carbonyl (C=O) groups is 2. The molecule has 0 heterocycles. The molecule has 0 aromatic heterocycles. The molecule has 10 heavy (non-hydrogen) atoms. The first-order valence-electron chi connectivity index (χ1n) is 3.10. The predicted octanol–water partition coefficient (Wildman–Crippen LogP) is 0.887. The monoisotopic (exact) mass is 136 g/mol. The highest BCUT2D eigenvalue weighted by atomic mass is 16.1. The maximum absolute atomic E-state index is 10.4. The van der Waals surface area contributed by atoms with Crippen LogP contribution >= 0.6 is 0 Å². The zero-order valence-electron chi connectivity index (χ0n) is 5.49. The SMILES string of the molecule is O=CC1(C=O)C=CC=CC1. The van der Waals surface area contributed by atoms with E-state index in [4.69, 9.17) is 0 Å². The Balaban J connectivity index is 2.85. The summed E-state index contributed by atoms with van der Waals surface area (Å²) in [5, 5.41) is 0. The van der Waals surface area contributed by atoms with Gasteiger partial charge in [-0.25, -0.2) is 0 Å². The molecule has 0 aliphatic heterocycles. The van der Waals surface area contributed by atoms with Crippen molar-refractivity contribution in [3.8, 4) is 0 Å². The molecule has 0 radical (unpaired) electrons. The highest BCUT2D eigenvalue weighted by Gasteiger charge is 2.25. The summed E-state index contributed by atoms with van der Waals surface area (Å²) in [6.07, 6.45) is 8.82. The van der Waals surface area contributed by atoms with Crippen molar-refractivity contribution in [3.63, 3.8) is 0 Å². The lowest BCUT2D eigenvalue weighted by atomic mass is 9.85. The van der Waals surface area contributed by atoms with Crippen molar-refractivity contribution < 1.29 is 9.59 Å². The normalized spacial score (nSPS) is 20.4. The Morgan fingerprint density at radius 3 is 2.20 bits per heavy atom.